The summed E-state index contributed by atoms with van der Waals surface area (Å²) in [6.45, 7) is 3.02. The van der Waals surface area contributed by atoms with Gasteiger partial charge in [0.15, 0.2) is 0 Å². The SMILES string of the molecule is CS(=O)(=O)N1CCNCC(COc2ccccc2)C1. The van der Waals surface area contributed by atoms with E-state index >= 15 is 0 Å². The smallest absolute Gasteiger partial charge is 0.211 e. The van der Waals surface area contributed by atoms with Crippen molar-refractivity contribution in [1.82, 2.24) is 9.62 Å². The normalized spacial score (nSPS) is 21.8. The predicted molar refractivity (Wildman–Crippen MR) is 74.7 cm³/mol. The molecule has 0 saturated carbocycles. The van der Waals surface area contributed by atoms with E-state index in [1.54, 1.807) is 0 Å². The molecular formula is C13H20N2O3S. The first-order valence-electron chi connectivity index (χ1n) is 6.39. The quantitative estimate of drug-likeness (QED) is 0.877. The van der Waals surface area contributed by atoms with Crippen LogP contribution in [0, 0.1) is 5.92 Å². The van der Waals surface area contributed by atoms with Crippen LogP contribution in [-0.4, -0.2) is 51.8 Å². The molecule has 106 valence electrons. The van der Waals surface area contributed by atoms with Gasteiger partial charge in [0, 0.05) is 32.1 Å². The number of sulfonamides is 1. The molecule has 0 amide bonds. The van der Waals surface area contributed by atoms with Gasteiger partial charge in [-0.3, -0.25) is 0 Å². The summed E-state index contributed by atoms with van der Waals surface area (Å²) >= 11 is 0. The fraction of sp³-hybridized carbons (Fsp3) is 0.538. The van der Waals surface area contributed by atoms with Crippen LogP contribution in [0.3, 0.4) is 0 Å². The zero-order valence-corrected chi connectivity index (χ0v) is 11.9. The average molecular weight is 284 g/mol. The highest BCUT2D eigenvalue weighted by Gasteiger charge is 2.24. The van der Waals surface area contributed by atoms with Gasteiger partial charge in [-0.05, 0) is 12.1 Å². The minimum absolute atomic E-state index is 0.164. The van der Waals surface area contributed by atoms with Gasteiger partial charge in [0.2, 0.25) is 10.0 Å². The summed E-state index contributed by atoms with van der Waals surface area (Å²) in [7, 11) is -3.13. The van der Waals surface area contributed by atoms with Crippen molar-refractivity contribution in [3.05, 3.63) is 30.3 Å². The van der Waals surface area contributed by atoms with Gasteiger partial charge in [0.25, 0.3) is 0 Å². The zero-order valence-electron chi connectivity index (χ0n) is 11.1. The highest BCUT2D eigenvalue weighted by molar-refractivity contribution is 7.88. The monoisotopic (exact) mass is 284 g/mol. The maximum absolute atomic E-state index is 11.6. The number of rotatable bonds is 4. The molecule has 0 spiro atoms. The van der Waals surface area contributed by atoms with E-state index in [0.29, 0.717) is 26.2 Å². The van der Waals surface area contributed by atoms with Crippen LogP contribution in [0.2, 0.25) is 0 Å². The van der Waals surface area contributed by atoms with Crippen LogP contribution in [0.5, 0.6) is 5.75 Å². The molecule has 1 saturated heterocycles. The minimum Gasteiger partial charge on any atom is -0.493 e. The fourth-order valence-electron chi connectivity index (χ4n) is 2.10. The van der Waals surface area contributed by atoms with E-state index in [9.17, 15) is 8.42 Å². The summed E-state index contributed by atoms with van der Waals surface area (Å²) in [5, 5.41) is 3.25. The molecule has 5 nitrogen and oxygen atoms in total. The summed E-state index contributed by atoms with van der Waals surface area (Å²) in [6.07, 6.45) is 1.26. The molecule has 1 N–H and O–H groups in total. The number of hydrogen-bond acceptors (Lipinski definition) is 4. The maximum Gasteiger partial charge on any atom is 0.211 e. The minimum atomic E-state index is -3.13. The van der Waals surface area contributed by atoms with Crippen LogP contribution < -0.4 is 10.1 Å². The summed E-state index contributed by atoms with van der Waals surface area (Å²) in [4.78, 5) is 0. The topological polar surface area (TPSA) is 58.6 Å². The molecule has 6 heteroatoms. The van der Waals surface area contributed by atoms with Crippen LogP contribution in [0.4, 0.5) is 0 Å². The van der Waals surface area contributed by atoms with Crippen molar-refractivity contribution in [3.63, 3.8) is 0 Å². The summed E-state index contributed by atoms with van der Waals surface area (Å²) in [5.41, 5.74) is 0. The Kier molecular flexibility index (Phi) is 4.79. The third kappa shape index (κ3) is 4.49. The Hall–Kier alpha value is -1.11. The van der Waals surface area contributed by atoms with Crippen molar-refractivity contribution in [2.75, 3.05) is 39.0 Å². The zero-order chi connectivity index (χ0) is 13.7. The maximum atomic E-state index is 11.6. The first-order valence-corrected chi connectivity index (χ1v) is 8.24. The predicted octanol–water partition coefficient (Wildman–Crippen LogP) is 0.546. The van der Waals surface area contributed by atoms with E-state index < -0.39 is 10.0 Å². The number of nitrogens with zero attached hydrogens (tertiary/aromatic N) is 1. The van der Waals surface area contributed by atoms with E-state index in [1.165, 1.54) is 10.6 Å². The summed E-state index contributed by atoms with van der Waals surface area (Å²) in [6, 6.07) is 9.58. The van der Waals surface area contributed by atoms with Crippen molar-refractivity contribution in [2.24, 2.45) is 5.92 Å². The molecule has 1 unspecified atom stereocenters. The molecule has 0 bridgehead atoms. The largest absolute Gasteiger partial charge is 0.493 e. The number of benzene rings is 1. The molecule has 2 rings (SSSR count). The van der Waals surface area contributed by atoms with Crippen molar-refractivity contribution in [1.29, 1.82) is 0 Å². The Morgan fingerprint density at radius 3 is 2.79 bits per heavy atom. The lowest BCUT2D eigenvalue weighted by atomic mass is 10.1. The molecule has 1 aliphatic heterocycles. The van der Waals surface area contributed by atoms with E-state index in [2.05, 4.69) is 5.32 Å². The Bertz CT molecular complexity index is 490. The van der Waals surface area contributed by atoms with Gasteiger partial charge in [0.1, 0.15) is 5.75 Å². The van der Waals surface area contributed by atoms with Crippen molar-refractivity contribution < 1.29 is 13.2 Å². The molecule has 0 radical (unpaired) electrons. The second-order valence-corrected chi connectivity index (χ2v) is 6.80. The van der Waals surface area contributed by atoms with Crippen molar-refractivity contribution in [2.45, 2.75) is 0 Å². The van der Waals surface area contributed by atoms with Crippen molar-refractivity contribution >= 4 is 10.0 Å². The van der Waals surface area contributed by atoms with Crippen LogP contribution in [0.1, 0.15) is 0 Å². The first-order chi connectivity index (χ1) is 9.05. The third-order valence-corrected chi connectivity index (χ3v) is 4.40. The average Bonchev–Trinajstić information content (AvgIpc) is 2.62. The molecule has 1 atom stereocenters. The van der Waals surface area contributed by atoms with Crippen LogP contribution in [0.25, 0.3) is 0 Å². The Balaban J connectivity index is 1.92. The molecule has 1 aromatic carbocycles. The second kappa shape index (κ2) is 6.36. The fourth-order valence-corrected chi connectivity index (χ4v) is 3.00. The number of ether oxygens (including phenoxy) is 1. The van der Waals surface area contributed by atoms with Gasteiger partial charge < -0.3 is 10.1 Å². The lowest BCUT2D eigenvalue weighted by Crippen LogP contribution is -2.36. The van der Waals surface area contributed by atoms with Gasteiger partial charge in [-0.15, -0.1) is 0 Å². The third-order valence-electron chi connectivity index (χ3n) is 3.13. The molecule has 1 fully saturated rings. The molecule has 1 heterocycles. The standard InChI is InChI=1S/C13H20N2O3S/c1-19(16,17)15-8-7-14-9-12(10-15)11-18-13-5-3-2-4-6-13/h2-6,12,14H,7-11H2,1H3. The van der Waals surface area contributed by atoms with E-state index in [0.717, 1.165) is 12.3 Å². The number of nitrogens with one attached hydrogen (secondary N) is 1. The Labute approximate surface area is 114 Å². The molecule has 0 aliphatic carbocycles. The van der Waals surface area contributed by atoms with Crippen LogP contribution >= 0.6 is 0 Å². The van der Waals surface area contributed by atoms with Gasteiger partial charge in [-0.25, -0.2) is 12.7 Å². The second-order valence-electron chi connectivity index (χ2n) is 4.82. The number of para-hydroxylation sites is 1. The molecular weight excluding hydrogens is 264 g/mol. The van der Waals surface area contributed by atoms with Crippen molar-refractivity contribution in [3.8, 4) is 5.75 Å². The van der Waals surface area contributed by atoms with Crippen LogP contribution in [-0.2, 0) is 10.0 Å². The lowest BCUT2D eigenvalue weighted by molar-refractivity contribution is 0.231. The molecule has 0 aromatic heterocycles. The van der Waals surface area contributed by atoms with Gasteiger partial charge in [-0.2, -0.15) is 0 Å². The van der Waals surface area contributed by atoms with Gasteiger partial charge in [-0.1, -0.05) is 18.2 Å². The highest BCUT2D eigenvalue weighted by Crippen LogP contribution is 2.12. The highest BCUT2D eigenvalue weighted by atomic mass is 32.2. The molecule has 1 aromatic rings. The van der Waals surface area contributed by atoms with E-state index in [4.69, 9.17) is 4.74 Å². The van der Waals surface area contributed by atoms with Gasteiger partial charge >= 0.3 is 0 Å². The molecule has 19 heavy (non-hydrogen) atoms. The van der Waals surface area contributed by atoms with Gasteiger partial charge in [0.05, 0.1) is 12.9 Å². The van der Waals surface area contributed by atoms with E-state index in [1.807, 2.05) is 30.3 Å². The molecule has 1 aliphatic rings. The lowest BCUT2D eigenvalue weighted by Gasteiger charge is -2.21. The van der Waals surface area contributed by atoms with Crippen LogP contribution in [0.15, 0.2) is 30.3 Å². The summed E-state index contributed by atoms with van der Waals surface area (Å²) in [5.74, 6) is 0.982. The number of hydrogen-bond donors (Lipinski definition) is 1. The summed E-state index contributed by atoms with van der Waals surface area (Å²) < 4.78 is 30.5. The Morgan fingerprint density at radius 1 is 1.37 bits per heavy atom. The van der Waals surface area contributed by atoms with E-state index in [-0.39, 0.29) is 5.92 Å². The first kappa shape index (κ1) is 14.3. The Morgan fingerprint density at radius 2 is 2.11 bits per heavy atom.